The summed E-state index contributed by atoms with van der Waals surface area (Å²) in [6.45, 7) is 6.18. The van der Waals surface area contributed by atoms with Crippen LogP contribution in [0.4, 0.5) is 0 Å². The molecular weight excluding hydrogens is 685 g/mol. The van der Waals surface area contributed by atoms with Gasteiger partial charge >= 0.3 is 17.9 Å². The first kappa shape index (κ1) is 51.1. The molecule has 0 aliphatic heterocycles. The summed E-state index contributed by atoms with van der Waals surface area (Å²) in [5.74, 6) is -1.13. The average molecular weight is 761 g/mol. The van der Waals surface area contributed by atoms with Crippen LogP contribution in [0.25, 0.3) is 0 Å². The lowest BCUT2D eigenvalue weighted by atomic mass is 10.1. The van der Waals surface area contributed by atoms with Crippen molar-refractivity contribution in [3.63, 3.8) is 0 Å². The fourth-order valence-corrected chi connectivity index (χ4v) is 5.22. The van der Waals surface area contributed by atoms with Crippen LogP contribution in [0.3, 0.4) is 0 Å². The second-order valence-electron chi connectivity index (χ2n) is 13.6. The SMILES string of the molecule is CC\C=C/C=C\C=C/C=C\C=C/CCCCCC(=O)OCC(COC(=O)C/C=C\C/C=C\C/C=C\CC)OC(=O)CCCCC/C=C\CCCCCCCC. The Morgan fingerprint density at radius 1 is 0.418 bits per heavy atom. The Morgan fingerprint density at radius 2 is 0.873 bits per heavy atom. The van der Waals surface area contributed by atoms with Gasteiger partial charge in [-0.1, -0.05) is 175 Å². The summed E-state index contributed by atoms with van der Waals surface area (Å²) >= 11 is 0. The van der Waals surface area contributed by atoms with Gasteiger partial charge in [-0.25, -0.2) is 0 Å². The van der Waals surface area contributed by atoms with Crippen LogP contribution >= 0.6 is 0 Å². The van der Waals surface area contributed by atoms with Gasteiger partial charge in [0, 0.05) is 12.8 Å². The first-order chi connectivity index (χ1) is 27.0. The van der Waals surface area contributed by atoms with Gasteiger partial charge in [-0.3, -0.25) is 14.4 Å². The maximum absolute atomic E-state index is 12.7. The second kappa shape index (κ2) is 42.8. The third-order valence-electron chi connectivity index (χ3n) is 8.40. The molecule has 1 atom stereocenters. The summed E-state index contributed by atoms with van der Waals surface area (Å²) < 4.78 is 16.5. The van der Waals surface area contributed by atoms with Gasteiger partial charge in [-0.05, 0) is 77.0 Å². The van der Waals surface area contributed by atoms with Crippen LogP contribution in [-0.2, 0) is 28.6 Å². The average Bonchev–Trinajstić information content (AvgIpc) is 3.18. The molecule has 6 heteroatoms. The highest BCUT2D eigenvalue weighted by molar-refractivity contribution is 5.72. The molecule has 55 heavy (non-hydrogen) atoms. The highest BCUT2D eigenvalue weighted by atomic mass is 16.6. The highest BCUT2D eigenvalue weighted by Gasteiger charge is 2.19. The van der Waals surface area contributed by atoms with Crippen LogP contribution in [0.2, 0.25) is 0 Å². The van der Waals surface area contributed by atoms with Gasteiger partial charge in [0.1, 0.15) is 13.2 Å². The van der Waals surface area contributed by atoms with Gasteiger partial charge in [0.05, 0.1) is 6.42 Å². The molecule has 1 unspecified atom stereocenters. The molecule has 0 heterocycles. The first-order valence-electron chi connectivity index (χ1n) is 21.5. The maximum Gasteiger partial charge on any atom is 0.309 e. The van der Waals surface area contributed by atoms with Crippen molar-refractivity contribution in [2.24, 2.45) is 0 Å². The van der Waals surface area contributed by atoms with Gasteiger partial charge in [0.2, 0.25) is 0 Å². The zero-order valence-corrected chi connectivity index (χ0v) is 34.9. The Labute approximate surface area is 336 Å². The molecule has 0 rings (SSSR count). The maximum atomic E-state index is 12.7. The van der Waals surface area contributed by atoms with Crippen molar-refractivity contribution in [1.29, 1.82) is 0 Å². The first-order valence-corrected chi connectivity index (χ1v) is 21.5. The minimum Gasteiger partial charge on any atom is -0.462 e. The molecule has 0 saturated carbocycles. The molecule has 0 aromatic heterocycles. The van der Waals surface area contributed by atoms with Crippen molar-refractivity contribution in [3.05, 3.63) is 109 Å². The molecule has 6 nitrogen and oxygen atoms in total. The standard InChI is InChI=1S/C49H76O6/c1-4-7-10-13-16-19-21-23-24-26-27-30-33-36-39-42-48(51)54-45-46(44-53-47(50)41-38-35-32-29-18-15-12-9-6-3)55-49(52)43-40-37-34-31-28-25-22-20-17-14-11-8-5-2/h7,9-10,12-13,16,18-19,21,23-29,35,38,46H,4-6,8,11,14-15,17,20,22,30-34,36-37,39-45H2,1-3H3/b10-7-,12-9-,16-13-,21-19-,24-23-,27-26-,28-25-,29-18-,38-35-. The predicted octanol–water partition coefficient (Wildman–Crippen LogP) is 13.6. The molecule has 0 amide bonds. The summed E-state index contributed by atoms with van der Waals surface area (Å²) in [4.78, 5) is 37.5. The van der Waals surface area contributed by atoms with E-state index in [1.807, 2.05) is 54.7 Å². The van der Waals surface area contributed by atoms with Gasteiger partial charge < -0.3 is 14.2 Å². The molecular formula is C49H76O6. The summed E-state index contributed by atoms with van der Waals surface area (Å²) in [5, 5.41) is 0. The number of carbonyl (C=O) groups is 3. The number of carbonyl (C=O) groups excluding carboxylic acids is 3. The Balaban J connectivity index is 4.57. The van der Waals surface area contributed by atoms with E-state index in [1.165, 1.54) is 38.5 Å². The molecule has 0 aliphatic carbocycles. The Morgan fingerprint density at radius 3 is 1.47 bits per heavy atom. The summed E-state index contributed by atoms with van der Waals surface area (Å²) in [7, 11) is 0. The molecule has 0 radical (unpaired) electrons. The van der Waals surface area contributed by atoms with Crippen LogP contribution in [-0.4, -0.2) is 37.2 Å². The summed E-state index contributed by atoms with van der Waals surface area (Å²) in [5.41, 5.74) is 0. The summed E-state index contributed by atoms with van der Waals surface area (Å²) in [6, 6.07) is 0. The topological polar surface area (TPSA) is 78.9 Å². The van der Waals surface area contributed by atoms with Gasteiger partial charge in [-0.15, -0.1) is 0 Å². The largest absolute Gasteiger partial charge is 0.462 e. The number of hydrogen-bond acceptors (Lipinski definition) is 6. The van der Waals surface area contributed by atoms with Crippen molar-refractivity contribution < 1.29 is 28.6 Å². The number of esters is 3. The van der Waals surface area contributed by atoms with Crippen molar-refractivity contribution >= 4 is 17.9 Å². The van der Waals surface area contributed by atoms with Crippen molar-refractivity contribution in [3.8, 4) is 0 Å². The van der Waals surface area contributed by atoms with E-state index in [-0.39, 0.29) is 44.4 Å². The molecule has 0 bridgehead atoms. The number of unbranched alkanes of at least 4 members (excludes halogenated alkanes) is 12. The fourth-order valence-electron chi connectivity index (χ4n) is 5.22. The van der Waals surface area contributed by atoms with E-state index in [1.54, 1.807) is 6.08 Å². The quantitative estimate of drug-likeness (QED) is 0.0208. The zero-order chi connectivity index (χ0) is 40.1. The number of allylic oxidation sites excluding steroid dienone is 17. The molecule has 0 aliphatic rings. The Hall–Kier alpha value is -3.93. The Bertz CT molecular complexity index is 1200. The van der Waals surface area contributed by atoms with Gasteiger partial charge in [0.15, 0.2) is 6.10 Å². The van der Waals surface area contributed by atoms with E-state index < -0.39 is 12.1 Å². The minimum atomic E-state index is -0.838. The van der Waals surface area contributed by atoms with E-state index >= 15 is 0 Å². The number of hydrogen-bond donors (Lipinski definition) is 0. The third-order valence-corrected chi connectivity index (χ3v) is 8.40. The molecule has 0 saturated heterocycles. The van der Waals surface area contributed by atoms with Gasteiger partial charge in [-0.2, -0.15) is 0 Å². The van der Waals surface area contributed by atoms with Crippen molar-refractivity contribution in [2.45, 2.75) is 168 Å². The normalized spacial score (nSPS) is 13.1. The molecule has 308 valence electrons. The van der Waals surface area contributed by atoms with Crippen LogP contribution < -0.4 is 0 Å². The highest BCUT2D eigenvalue weighted by Crippen LogP contribution is 2.11. The molecule has 0 aromatic carbocycles. The van der Waals surface area contributed by atoms with E-state index in [0.29, 0.717) is 6.42 Å². The van der Waals surface area contributed by atoms with Crippen LogP contribution in [0.1, 0.15) is 162 Å². The van der Waals surface area contributed by atoms with E-state index in [2.05, 4.69) is 69.4 Å². The van der Waals surface area contributed by atoms with Crippen LogP contribution in [0.15, 0.2) is 109 Å². The monoisotopic (exact) mass is 761 g/mol. The minimum absolute atomic E-state index is 0.120. The van der Waals surface area contributed by atoms with E-state index in [4.69, 9.17) is 14.2 Å². The zero-order valence-electron chi connectivity index (χ0n) is 34.9. The number of ether oxygens (including phenoxy) is 3. The smallest absolute Gasteiger partial charge is 0.309 e. The lowest BCUT2D eigenvalue weighted by Crippen LogP contribution is -2.30. The molecule has 0 fully saturated rings. The van der Waals surface area contributed by atoms with Crippen molar-refractivity contribution in [1.82, 2.24) is 0 Å². The fraction of sp³-hybridized carbons (Fsp3) is 0.571. The molecule has 0 spiro atoms. The van der Waals surface area contributed by atoms with Crippen LogP contribution in [0.5, 0.6) is 0 Å². The summed E-state index contributed by atoms with van der Waals surface area (Å²) in [6.07, 6.45) is 56.8. The van der Waals surface area contributed by atoms with E-state index in [9.17, 15) is 14.4 Å². The molecule has 0 N–H and O–H groups in total. The third kappa shape index (κ3) is 41.1. The molecule has 0 aromatic rings. The lowest BCUT2D eigenvalue weighted by Gasteiger charge is -2.18. The lowest BCUT2D eigenvalue weighted by molar-refractivity contribution is -0.166. The second-order valence-corrected chi connectivity index (χ2v) is 13.6. The van der Waals surface area contributed by atoms with Crippen molar-refractivity contribution in [2.75, 3.05) is 13.2 Å². The van der Waals surface area contributed by atoms with Gasteiger partial charge in [0.25, 0.3) is 0 Å². The predicted molar refractivity (Wildman–Crippen MR) is 233 cm³/mol. The number of rotatable bonds is 36. The Kier molecular flexibility index (Phi) is 39.7. The van der Waals surface area contributed by atoms with Crippen LogP contribution in [0, 0.1) is 0 Å². The van der Waals surface area contributed by atoms with E-state index in [0.717, 1.165) is 77.0 Å².